The molecule has 6 heteroatoms. The van der Waals surface area contributed by atoms with E-state index in [1.165, 1.54) is 11.5 Å². The second-order valence-electron chi connectivity index (χ2n) is 4.59. The molecule has 98 valence electrons. The topological polar surface area (TPSA) is 54.6 Å². The Kier molecular flexibility index (Phi) is 5.02. The van der Waals surface area contributed by atoms with Crippen LogP contribution in [0.15, 0.2) is 0 Å². The zero-order valence-corrected chi connectivity index (χ0v) is 12.0. The Morgan fingerprint density at radius 2 is 1.94 bits per heavy atom. The van der Waals surface area contributed by atoms with Gasteiger partial charge in [-0.1, -0.05) is 0 Å². The largest absolute Gasteiger partial charge is 0.484 e. The lowest BCUT2D eigenvalue weighted by atomic mass is 10.4. The first-order chi connectivity index (χ1) is 7.91. The van der Waals surface area contributed by atoms with Gasteiger partial charge in [0.05, 0.1) is 6.10 Å². The van der Waals surface area contributed by atoms with Gasteiger partial charge in [0.2, 0.25) is 0 Å². The highest BCUT2D eigenvalue weighted by Gasteiger charge is 2.17. The predicted molar refractivity (Wildman–Crippen MR) is 74.1 cm³/mol. The Morgan fingerprint density at radius 3 is 2.47 bits per heavy atom. The summed E-state index contributed by atoms with van der Waals surface area (Å²) in [5, 5.41) is 0.998. The molecule has 2 N–H and O–H groups in total. The molecule has 0 fully saturated rings. The fraction of sp³-hybridized carbons (Fsp3) is 0.727. The molecule has 0 amide bonds. The van der Waals surface area contributed by atoms with Crippen LogP contribution in [0.1, 0.15) is 13.8 Å². The zero-order chi connectivity index (χ0) is 13.0. The number of nitrogens with two attached hydrogens (primary N) is 1. The molecule has 0 saturated heterocycles. The third-order valence-electron chi connectivity index (χ3n) is 2.24. The second-order valence-corrected chi connectivity index (χ2v) is 5.35. The van der Waals surface area contributed by atoms with Gasteiger partial charge in [-0.05, 0) is 39.5 Å². The molecule has 0 aliphatic carbocycles. The van der Waals surface area contributed by atoms with Crippen LogP contribution in [0.4, 0.5) is 10.8 Å². The molecule has 0 aromatic carbocycles. The van der Waals surface area contributed by atoms with Crippen molar-refractivity contribution in [1.29, 1.82) is 0 Å². The van der Waals surface area contributed by atoms with Gasteiger partial charge in [-0.25, -0.2) is 0 Å². The van der Waals surface area contributed by atoms with Crippen molar-refractivity contribution >= 4 is 22.4 Å². The van der Waals surface area contributed by atoms with Crippen molar-refractivity contribution in [3.05, 3.63) is 0 Å². The molecule has 0 radical (unpaired) electrons. The lowest BCUT2D eigenvalue weighted by Crippen LogP contribution is -2.28. The Hall–Kier alpha value is -1.01. The van der Waals surface area contributed by atoms with E-state index in [0.29, 0.717) is 11.6 Å². The summed E-state index contributed by atoms with van der Waals surface area (Å²) in [6.07, 6.45) is 0.106. The highest BCUT2D eigenvalue weighted by molar-refractivity contribution is 7.11. The Labute approximate surface area is 107 Å². The molecule has 1 aromatic rings. The van der Waals surface area contributed by atoms with Crippen LogP contribution in [0.3, 0.4) is 0 Å². The molecule has 0 atom stereocenters. The Morgan fingerprint density at radius 1 is 1.29 bits per heavy atom. The Balaban J connectivity index is 2.75. The third-order valence-corrected chi connectivity index (χ3v) is 3.20. The lowest BCUT2D eigenvalue weighted by Gasteiger charge is -2.21. The predicted octanol–water partition coefficient (Wildman–Crippen LogP) is 1.51. The molecule has 0 aliphatic heterocycles. The maximum absolute atomic E-state index is 5.82. The van der Waals surface area contributed by atoms with Crippen LogP contribution in [0.2, 0.25) is 0 Å². The smallest absolute Gasteiger partial charge is 0.198 e. The molecule has 5 nitrogen and oxygen atoms in total. The number of anilines is 2. The van der Waals surface area contributed by atoms with Crippen LogP contribution in [-0.2, 0) is 0 Å². The van der Waals surface area contributed by atoms with Gasteiger partial charge in [-0.15, -0.1) is 0 Å². The number of aromatic nitrogens is 1. The average Bonchev–Trinajstić information content (AvgIpc) is 2.56. The van der Waals surface area contributed by atoms with Gasteiger partial charge < -0.3 is 20.3 Å². The molecule has 1 aromatic heterocycles. The number of nitrogens with zero attached hydrogens (tertiary/aromatic N) is 3. The van der Waals surface area contributed by atoms with E-state index in [9.17, 15) is 0 Å². The third kappa shape index (κ3) is 4.05. The summed E-state index contributed by atoms with van der Waals surface area (Å²) in [4.78, 5) is 4.27. The van der Waals surface area contributed by atoms with E-state index in [2.05, 4.69) is 28.3 Å². The first kappa shape index (κ1) is 14.1. The molecular weight excluding hydrogens is 236 g/mol. The summed E-state index contributed by atoms with van der Waals surface area (Å²) < 4.78 is 9.87. The van der Waals surface area contributed by atoms with Crippen LogP contribution in [0.5, 0.6) is 5.75 Å². The van der Waals surface area contributed by atoms with Crippen molar-refractivity contribution in [3.63, 3.8) is 0 Å². The summed E-state index contributed by atoms with van der Waals surface area (Å²) in [6, 6.07) is 0. The van der Waals surface area contributed by atoms with Crippen molar-refractivity contribution < 1.29 is 4.74 Å². The number of likely N-dealkylation sites (N-methyl/N-ethyl adjacent to an activating group) is 2. The maximum atomic E-state index is 5.82. The lowest BCUT2D eigenvalue weighted by molar-refractivity contribution is 0.245. The summed E-state index contributed by atoms with van der Waals surface area (Å²) in [6.45, 7) is 5.87. The first-order valence-electron chi connectivity index (χ1n) is 5.69. The van der Waals surface area contributed by atoms with Crippen LogP contribution in [0.25, 0.3) is 0 Å². The molecule has 0 saturated carbocycles. The van der Waals surface area contributed by atoms with Gasteiger partial charge >= 0.3 is 0 Å². The minimum Gasteiger partial charge on any atom is -0.484 e. The minimum absolute atomic E-state index is 0.106. The fourth-order valence-corrected chi connectivity index (χ4v) is 2.06. The molecule has 0 aliphatic rings. The summed E-state index contributed by atoms with van der Waals surface area (Å²) >= 11 is 1.39. The van der Waals surface area contributed by atoms with Crippen molar-refractivity contribution in [2.75, 3.05) is 44.9 Å². The summed E-state index contributed by atoms with van der Waals surface area (Å²) in [5.74, 6) is 1.20. The van der Waals surface area contributed by atoms with Crippen molar-refractivity contribution in [1.82, 2.24) is 9.27 Å². The molecule has 0 bridgehead atoms. The van der Waals surface area contributed by atoms with E-state index in [1.807, 2.05) is 20.9 Å². The van der Waals surface area contributed by atoms with E-state index in [0.717, 1.165) is 18.1 Å². The normalized spacial score (nSPS) is 11.2. The molecule has 1 heterocycles. The highest BCUT2D eigenvalue weighted by atomic mass is 32.1. The van der Waals surface area contributed by atoms with Gasteiger partial charge in [0, 0.05) is 20.1 Å². The van der Waals surface area contributed by atoms with E-state index in [4.69, 9.17) is 10.5 Å². The number of hydrogen-bond acceptors (Lipinski definition) is 6. The van der Waals surface area contributed by atoms with E-state index < -0.39 is 0 Å². The SMILES string of the molecule is CC(C)Oc1c(N)nsc1N(C)CCN(C)C. The van der Waals surface area contributed by atoms with Crippen LogP contribution in [-0.4, -0.2) is 49.6 Å². The standard InChI is InChI=1S/C11H22N4OS/c1-8(2)16-9-10(12)13-17-11(9)15(5)7-6-14(3)4/h8H,6-7H2,1-5H3,(H2,12,13). The quantitative estimate of drug-likeness (QED) is 0.838. The van der Waals surface area contributed by atoms with E-state index >= 15 is 0 Å². The average molecular weight is 258 g/mol. The molecule has 0 unspecified atom stereocenters. The Bertz CT molecular complexity index is 351. The monoisotopic (exact) mass is 258 g/mol. The molecule has 0 spiro atoms. The molecule has 17 heavy (non-hydrogen) atoms. The number of hydrogen-bond donors (Lipinski definition) is 1. The minimum atomic E-state index is 0.106. The van der Waals surface area contributed by atoms with Crippen LogP contribution < -0.4 is 15.4 Å². The fourth-order valence-electron chi connectivity index (χ4n) is 1.33. The zero-order valence-electron chi connectivity index (χ0n) is 11.2. The number of ether oxygens (including phenoxy) is 1. The van der Waals surface area contributed by atoms with Gasteiger partial charge in [0.1, 0.15) is 0 Å². The molecular formula is C11H22N4OS. The van der Waals surface area contributed by atoms with Crippen molar-refractivity contribution in [2.24, 2.45) is 0 Å². The van der Waals surface area contributed by atoms with Gasteiger partial charge in [0.25, 0.3) is 0 Å². The van der Waals surface area contributed by atoms with Crippen molar-refractivity contribution in [2.45, 2.75) is 20.0 Å². The van der Waals surface area contributed by atoms with Gasteiger partial charge in [-0.2, -0.15) is 4.37 Å². The van der Waals surface area contributed by atoms with Crippen LogP contribution in [0, 0.1) is 0 Å². The highest BCUT2D eigenvalue weighted by Crippen LogP contribution is 2.38. The summed E-state index contributed by atoms with van der Waals surface area (Å²) in [7, 11) is 6.14. The van der Waals surface area contributed by atoms with E-state index in [-0.39, 0.29) is 6.10 Å². The molecule has 1 rings (SSSR count). The number of rotatable bonds is 6. The second kappa shape index (κ2) is 6.07. The van der Waals surface area contributed by atoms with Crippen LogP contribution >= 0.6 is 11.5 Å². The van der Waals surface area contributed by atoms with Gasteiger partial charge in [-0.3, -0.25) is 0 Å². The van der Waals surface area contributed by atoms with Gasteiger partial charge in [0.15, 0.2) is 16.6 Å². The maximum Gasteiger partial charge on any atom is 0.198 e. The van der Waals surface area contributed by atoms with Crippen molar-refractivity contribution in [3.8, 4) is 5.75 Å². The van der Waals surface area contributed by atoms with E-state index in [1.54, 1.807) is 0 Å². The summed E-state index contributed by atoms with van der Waals surface area (Å²) in [5.41, 5.74) is 5.82. The first-order valence-corrected chi connectivity index (χ1v) is 6.46. The number of nitrogen functional groups attached to an aromatic ring is 1.